The molecular formula is C13H21N5. The van der Waals surface area contributed by atoms with E-state index in [1.165, 1.54) is 0 Å². The van der Waals surface area contributed by atoms with Crippen LogP contribution in [0, 0.1) is 16.7 Å². The summed E-state index contributed by atoms with van der Waals surface area (Å²) in [6, 6.07) is 3.67. The zero-order chi connectivity index (χ0) is 13.8. The summed E-state index contributed by atoms with van der Waals surface area (Å²) >= 11 is 0. The molecule has 3 N–H and O–H groups in total. The quantitative estimate of drug-likeness (QED) is 0.825. The first-order valence-corrected chi connectivity index (χ1v) is 5.89. The van der Waals surface area contributed by atoms with E-state index in [0.717, 1.165) is 13.1 Å². The lowest BCUT2D eigenvalue weighted by atomic mass is 9.93. The highest BCUT2D eigenvalue weighted by Crippen LogP contribution is 2.22. The number of nitriles is 1. The van der Waals surface area contributed by atoms with E-state index in [4.69, 9.17) is 11.0 Å². The third kappa shape index (κ3) is 3.90. The van der Waals surface area contributed by atoms with Gasteiger partial charge in [-0.05, 0) is 25.6 Å². The molecule has 0 saturated carbocycles. The molecule has 0 unspecified atom stereocenters. The molecule has 0 atom stereocenters. The second-order valence-electron chi connectivity index (χ2n) is 5.49. The van der Waals surface area contributed by atoms with Gasteiger partial charge in [0.15, 0.2) is 5.82 Å². The summed E-state index contributed by atoms with van der Waals surface area (Å²) in [5.41, 5.74) is 6.84. The van der Waals surface area contributed by atoms with Crippen molar-refractivity contribution in [2.24, 2.45) is 5.41 Å². The summed E-state index contributed by atoms with van der Waals surface area (Å²) in [6.45, 7) is 6.05. The number of aromatic nitrogens is 1. The van der Waals surface area contributed by atoms with Crippen molar-refractivity contribution in [2.75, 3.05) is 38.2 Å². The van der Waals surface area contributed by atoms with Crippen LogP contribution < -0.4 is 11.1 Å². The molecular weight excluding hydrogens is 226 g/mol. The van der Waals surface area contributed by atoms with E-state index in [1.54, 1.807) is 12.3 Å². The Morgan fingerprint density at radius 2 is 2.17 bits per heavy atom. The minimum absolute atomic E-state index is 0.0975. The summed E-state index contributed by atoms with van der Waals surface area (Å²) in [5.74, 6) is 0.584. The van der Waals surface area contributed by atoms with Crippen LogP contribution in [-0.4, -0.2) is 37.1 Å². The standard InChI is InChI=1S/C13H21N5/c1-13(2,9-18(3)4)8-17-12-11(15)10(7-14)5-6-16-12/h5-6H,8-9,15H2,1-4H3,(H,16,17). The van der Waals surface area contributed by atoms with Crippen LogP contribution in [0.25, 0.3) is 0 Å². The van der Waals surface area contributed by atoms with E-state index in [2.05, 4.69) is 35.1 Å². The average molecular weight is 247 g/mol. The zero-order valence-electron chi connectivity index (χ0n) is 11.5. The summed E-state index contributed by atoms with van der Waals surface area (Å²) in [7, 11) is 4.09. The molecule has 0 aromatic carbocycles. The van der Waals surface area contributed by atoms with Gasteiger partial charge in [0.05, 0.1) is 11.3 Å². The van der Waals surface area contributed by atoms with E-state index in [0.29, 0.717) is 17.1 Å². The predicted molar refractivity (Wildman–Crippen MR) is 74.2 cm³/mol. The maximum Gasteiger partial charge on any atom is 0.150 e. The monoisotopic (exact) mass is 247 g/mol. The van der Waals surface area contributed by atoms with Gasteiger partial charge in [0, 0.05) is 19.3 Å². The fourth-order valence-electron chi connectivity index (χ4n) is 1.95. The fraction of sp³-hybridized carbons (Fsp3) is 0.538. The number of rotatable bonds is 5. The third-order valence-corrected chi connectivity index (χ3v) is 2.59. The number of pyridine rings is 1. The largest absolute Gasteiger partial charge is 0.395 e. The van der Waals surface area contributed by atoms with Crippen LogP contribution in [0.4, 0.5) is 11.5 Å². The molecule has 1 heterocycles. The van der Waals surface area contributed by atoms with Crippen LogP contribution in [0.3, 0.4) is 0 Å². The zero-order valence-corrected chi connectivity index (χ0v) is 11.5. The van der Waals surface area contributed by atoms with E-state index in [1.807, 2.05) is 14.1 Å². The van der Waals surface area contributed by atoms with Gasteiger partial charge in [0.2, 0.25) is 0 Å². The second-order valence-corrected chi connectivity index (χ2v) is 5.49. The van der Waals surface area contributed by atoms with Crippen LogP contribution in [-0.2, 0) is 0 Å². The molecule has 5 nitrogen and oxygen atoms in total. The van der Waals surface area contributed by atoms with Crippen LogP contribution in [0.15, 0.2) is 12.3 Å². The van der Waals surface area contributed by atoms with Gasteiger partial charge < -0.3 is 16.0 Å². The Morgan fingerprint density at radius 1 is 1.50 bits per heavy atom. The minimum Gasteiger partial charge on any atom is -0.395 e. The Morgan fingerprint density at radius 3 is 2.72 bits per heavy atom. The highest BCUT2D eigenvalue weighted by Gasteiger charge is 2.19. The molecule has 0 aliphatic rings. The average Bonchev–Trinajstić information content (AvgIpc) is 2.26. The summed E-state index contributed by atoms with van der Waals surface area (Å²) in [5, 5.41) is 12.1. The summed E-state index contributed by atoms with van der Waals surface area (Å²) in [4.78, 5) is 6.31. The smallest absolute Gasteiger partial charge is 0.150 e. The lowest BCUT2D eigenvalue weighted by Crippen LogP contribution is -2.34. The number of nitrogen functional groups attached to an aromatic ring is 1. The molecule has 5 heteroatoms. The molecule has 0 aliphatic carbocycles. The Kier molecular flexibility index (Phi) is 4.51. The first kappa shape index (κ1) is 14.3. The van der Waals surface area contributed by atoms with Crippen molar-refractivity contribution < 1.29 is 0 Å². The first-order valence-electron chi connectivity index (χ1n) is 5.89. The Bertz CT molecular complexity index is 445. The number of anilines is 2. The Labute approximate surface area is 109 Å². The molecule has 98 valence electrons. The van der Waals surface area contributed by atoms with Crippen molar-refractivity contribution in [2.45, 2.75) is 13.8 Å². The van der Waals surface area contributed by atoms with E-state index < -0.39 is 0 Å². The Balaban J connectivity index is 2.73. The molecule has 0 spiro atoms. The number of hydrogen-bond donors (Lipinski definition) is 2. The lowest BCUT2D eigenvalue weighted by molar-refractivity contribution is 0.254. The molecule has 0 aliphatic heterocycles. The van der Waals surface area contributed by atoms with Crippen molar-refractivity contribution in [1.29, 1.82) is 5.26 Å². The van der Waals surface area contributed by atoms with Gasteiger partial charge in [0.25, 0.3) is 0 Å². The van der Waals surface area contributed by atoms with Crippen molar-refractivity contribution in [1.82, 2.24) is 9.88 Å². The van der Waals surface area contributed by atoms with E-state index in [9.17, 15) is 0 Å². The van der Waals surface area contributed by atoms with Gasteiger partial charge in [-0.25, -0.2) is 4.98 Å². The summed E-state index contributed by atoms with van der Waals surface area (Å²) in [6.07, 6.45) is 1.59. The molecule has 0 saturated heterocycles. The number of hydrogen-bond acceptors (Lipinski definition) is 5. The van der Waals surface area contributed by atoms with Crippen LogP contribution in [0.2, 0.25) is 0 Å². The van der Waals surface area contributed by atoms with Crippen LogP contribution in [0.5, 0.6) is 0 Å². The van der Waals surface area contributed by atoms with Crippen molar-refractivity contribution >= 4 is 11.5 Å². The van der Waals surface area contributed by atoms with E-state index in [-0.39, 0.29) is 5.41 Å². The van der Waals surface area contributed by atoms with E-state index >= 15 is 0 Å². The highest BCUT2D eigenvalue weighted by molar-refractivity contribution is 5.68. The van der Waals surface area contributed by atoms with Gasteiger partial charge in [-0.1, -0.05) is 13.8 Å². The predicted octanol–water partition coefficient (Wildman–Crippen LogP) is 1.54. The van der Waals surface area contributed by atoms with Crippen LogP contribution in [0.1, 0.15) is 19.4 Å². The fourth-order valence-corrected chi connectivity index (χ4v) is 1.95. The van der Waals surface area contributed by atoms with Crippen molar-refractivity contribution in [3.8, 4) is 6.07 Å². The Hall–Kier alpha value is -1.80. The second kappa shape index (κ2) is 5.69. The number of nitrogens with zero attached hydrogens (tertiary/aromatic N) is 3. The first-order chi connectivity index (χ1) is 8.35. The van der Waals surface area contributed by atoms with Crippen LogP contribution >= 0.6 is 0 Å². The minimum atomic E-state index is 0.0975. The molecule has 0 fully saturated rings. The van der Waals surface area contributed by atoms with Gasteiger partial charge >= 0.3 is 0 Å². The SMILES string of the molecule is CN(C)CC(C)(C)CNc1nccc(C#N)c1N. The molecule has 1 aromatic rings. The normalized spacial score (nSPS) is 11.3. The van der Waals surface area contributed by atoms with Crippen molar-refractivity contribution in [3.05, 3.63) is 17.8 Å². The molecule has 18 heavy (non-hydrogen) atoms. The maximum atomic E-state index is 8.90. The molecule has 0 radical (unpaired) electrons. The van der Waals surface area contributed by atoms with Gasteiger partial charge in [-0.15, -0.1) is 0 Å². The lowest BCUT2D eigenvalue weighted by Gasteiger charge is -2.28. The van der Waals surface area contributed by atoms with Gasteiger partial charge in [-0.2, -0.15) is 5.26 Å². The molecule has 0 bridgehead atoms. The topological polar surface area (TPSA) is 78.0 Å². The number of nitrogens with one attached hydrogen (secondary N) is 1. The molecule has 1 rings (SSSR count). The van der Waals surface area contributed by atoms with Gasteiger partial charge in [-0.3, -0.25) is 0 Å². The van der Waals surface area contributed by atoms with Crippen molar-refractivity contribution in [3.63, 3.8) is 0 Å². The highest BCUT2D eigenvalue weighted by atomic mass is 15.1. The summed E-state index contributed by atoms with van der Waals surface area (Å²) < 4.78 is 0. The maximum absolute atomic E-state index is 8.90. The molecule has 0 amide bonds. The molecule has 1 aromatic heterocycles. The number of nitrogens with two attached hydrogens (primary N) is 1. The third-order valence-electron chi connectivity index (χ3n) is 2.59. The van der Waals surface area contributed by atoms with Gasteiger partial charge in [0.1, 0.15) is 6.07 Å².